The standard InChI is InChI=1S/C30H41NO5S.Li.H/c1-21-9-7-8-12-25(21)27-18-23(19-36-24(20-35-2)17-22-10-5-4-6-11-22)13-14-26(27)29(32)31-28(30(33)34)15-16-37-3;;/h7-9,12-14,18,22,24,28H,4-6,10-11,15-17,19-20H2,1-3H3,(H,31,32)(H,33,34);;/q;+1;-1/t24?,28-;;/m0../s1. The number of carboxylic acid groups (broad SMARTS) is 1. The van der Waals surface area contributed by atoms with Gasteiger partial charge in [0, 0.05) is 12.7 Å². The van der Waals surface area contributed by atoms with E-state index in [0.29, 0.717) is 36.9 Å². The summed E-state index contributed by atoms with van der Waals surface area (Å²) in [6.07, 6.45) is 9.79. The minimum Gasteiger partial charge on any atom is -1.00 e. The zero-order chi connectivity index (χ0) is 26.6. The van der Waals surface area contributed by atoms with E-state index >= 15 is 0 Å². The third kappa shape index (κ3) is 9.77. The smallest absolute Gasteiger partial charge is 1.00 e. The van der Waals surface area contributed by atoms with Crippen molar-refractivity contribution in [3.8, 4) is 11.1 Å². The number of thioether (sulfide) groups is 1. The number of benzene rings is 2. The van der Waals surface area contributed by atoms with Gasteiger partial charge in [-0.05, 0) is 72.1 Å². The van der Waals surface area contributed by atoms with Crippen molar-refractivity contribution in [2.75, 3.05) is 25.7 Å². The Morgan fingerprint density at radius 2 is 1.87 bits per heavy atom. The zero-order valence-corrected chi connectivity index (χ0v) is 24.1. The average molecular weight is 536 g/mol. The van der Waals surface area contributed by atoms with Gasteiger partial charge in [-0.1, -0.05) is 62.4 Å². The molecule has 1 unspecified atom stereocenters. The van der Waals surface area contributed by atoms with Crippen molar-refractivity contribution in [2.24, 2.45) is 5.92 Å². The molecule has 0 saturated heterocycles. The predicted molar refractivity (Wildman–Crippen MR) is 151 cm³/mol. The first-order chi connectivity index (χ1) is 17.9. The summed E-state index contributed by atoms with van der Waals surface area (Å²) in [6, 6.07) is 12.7. The van der Waals surface area contributed by atoms with Gasteiger partial charge in [-0.15, -0.1) is 0 Å². The second-order valence-corrected chi connectivity index (χ2v) is 11.0. The number of nitrogens with one attached hydrogen (secondary N) is 1. The fourth-order valence-electron chi connectivity index (χ4n) is 5.08. The number of carbonyl (C=O) groups excluding carboxylic acids is 1. The van der Waals surface area contributed by atoms with Crippen LogP contribution in [0, 0.1) is 12.8 Å². The Morgan fingerprint density at radius 1 is 1.13 bits per heavy atom. The van der Waals surface area contributed by atoms with Crippen LogP contribution >= 0.6 is 11.8 Å². The van der Waals surface area contributed by atoms with Crippen molar-refractivity contribution < 1.29 is 44.5 Å². The molecule has 2 atom stereocenters. The molecule has 1 amide bonds. The maximum atomic E-state index is 13.3. The molecule has 1 aliphatic rings. The van der Waals surface area contributed by atoms with Gasteiger partial charge in [0.1, 0.15) is 6.04 Å². The molecule has 6 nitrogen and oxygen atoms in total. The van der Waals surface area contributed by atoms with Gasteiger partial charge in [-0.2, -0.15) is 11.8 Å². The SMILES string of the molecule is COCC(CC1CCCCC1)OCc1ccc(C(=O)N[C@@H](CCSC)C(=O)O)c(-c2ccccc2C)c1.[H-].[Li+]. The quantitative estimate of drug-likeness (QED) is 0.362. The van der Waals surface area contributed by atoms with E-state index < -0.39 is 12.0 Å². The third-order valence-corrected chi connectivity index (χ3v) is 7.78. The predicted octanol–water partition coefficient (Wildman–Crippen LogP) is 3.22. The number of hydrogen-bond acceptors (Lipinski definition) is 5. The van der Waals surface area contributed by atoms with Crippen molar-refractivity contribution in [3.63, 3.8) is 0 Å². The summed E-state index contributed by atoms with van der Waals surface area (Å²) in [4.78, 5) is 25.0. The molecule has 1 aliphatic carbocycles. The summed E-state index contributed by atoms with van der Waals surface area (Å²) in [6.45, 7) is 3.00. The van der Waals surface area contributed by atoms with Crippen LogP contribution in [0.25, 0.3) is 11.1 Å². The van der Waals surface area contributed by atoms with Crippen molar-refractivity contribution in [2.45, 2.75) is 70.6 Å². The summed E-state index contributed by atoms with van der Waals surface area (Å²) < 4.78 is 11.8. The van der Waals surface area contributed by atoms with Crippen molar-refractivity contribution >= 4 is 23.6 Å². The van der Waals surface area contributed by atoms with E-state index in [9.17, 15) is 14.7 Å². The fraction of sp³-hybridized carbons (Fsp3) is 0.533. The average Bonchev–Trinajstić information content (AvgIpc) is 2.90. The Bertz CT molecular complexity index is 1030. The van der Waals surface area contributed by atoms with Crippen LogP contribution in [0.2, 0.25) is 0 Å². The first-order valence-corrected chi connectivity index (χ1v) is 14.6. The molecule has 2 N–H and O–H groups in total. The van der Waals surface area contributed by atoms with Gasteiger partial charge in [0.25, 0.3) is 5.91 Å². The van der Waals surface area contributed by atoms with Crippen LogP contribution in [0.1, 0.15) is 67.9 Å². The molecule has 204 valence electrons. The summed E-state index contributed by atoms with van der Waals surface area (Å²) in [7, 11) is 1.71. The summed E-state index contributed by atoms with van der Waals surface area (Å²) in [5.41, 5.74) is 4.20. The van der Waals surface area contributed by atoms with Crippen LogP contribution in [-0.4, -0.2) is 54.9 Å². The van der Waals surface area contributed by atoms with E-state index in [2.05, 4.69) is 5.32 Å². The normalized spacial score (nSPS) is 15.3. The van der Waals surface area contributed by atoms with E-state index in [1.54, 1.807) is 24.9 Å². The molecule has 0 heterocycles. The number of carboxylic acids is 1. The molecule has 8 heteroatoms. The van der Waals surface area contributed by atoms with Crippen LogP contribution < -0.4 is 24.2 Å². The zero-order valence-electron chi connectivity index (χ0n) is 24.3. The number of ether oxygens (including phenoxy) is 2. The second-order valence-electron chi connectivity index (χ2n) is 9.97. The van der Waals surface area contributed by atoms with Crippen molar-refractivity contribution in [1.29, 1.82) is 0 Å². The molecule has 38 heavy (non-hydrogen) atoms. The monoisotopic (exact) mass is 535 g/mol. The van der Waals surface area contributed by atoms with Gasteiger partial charge in [-0.25, -0.2) is 4.79 Å². The minimum atomic E-state index is -1.02. The molecular formula is C30H42LiNO5S. The van der Waals surface area contributed by atoms with Gasteiger partial charge in [0.15, 0.2) is 0 Å². The summed E-state index contributed by atoms with van der Waals surface area (Å²) in [5.74, 6) is -0.0571. The molecule has 0 aromatic heterocycles. The number of carbonyl (C=O) groups is 2. The van der Waals surface area contributed by atoms with Crippen LogP contribution in [0.15, 0.2) is 42.5 Å². The Kier molecular flexibility index (Phi) is 14.6. The number of hydrogen-bond donors (Lipinski definition) is 2. The summed E-state index contributed by atoms with van der Waals surface area (Å²) >= 11 is 1.56. The first kappa shape index (κ1) is 32.5. The summed E-state index contributed by atoms with van der Waals surface area (Å²) in [5, 5.41) is 12.3. The number of amides is 1. The number of methoxy groups -OCH3 is 1. The van der Waals surface area contributed by atoms with E-state index in [-0.39, 0.29) is 32.3 Å². The molecule has 0 aliphatic heterocycles. The van der Waals surface area contributed by atoms with Crippen molar-refractivity contribution in [1.82, 2.24) is 5.32 Å². The molecule has 1 saturated carbocycles. The van der Waals surface area contributed by atoms with Crippen LogP contribution in [-0.2, 0) is 20.9 Å². The van der Waals surface area contributed by atoms with Gasteiger partial charge < -0.3 is 21.3 Å². The second kappa shape index (κ2) is 17.0. The van der Waals surface area contributed by atoms with Crippen LogP contribution in [0.3, 0.4) is 0 Å². The topological polar surface area (TPSA) is 84.9 Å². The molecule has 2 aromatic rings. The minimum absolute atomic E-state index is 0. The molecule has 0 bridgehead atoms. The van der Waals surface area contributed by atoms with Crippen LogP contribution in [0.4, 0.5) is 0 Å². The number of aliphatic carboxylic acids is 1. The molecule has 2 aromatic carbocycles. The largest absolute Gasteiger partial charge is 1.00 e. The molecule has 1 fully saturated rings. The van der Waals surface area contributed by atoms with E-state index in [4.69, 9.17) is 9.47 Å². The maximum absolute atomic E-state index is 13.3. The molecule has 3 rings (SSSR count). The Hall–Kier alpha value is -1.75. The van der Waals surface area contributed by atoms with E-state index in [0.717, 1.165) is 28.7 Å². The van der Waals surface area contributed by atoms with E-state index in [1.165, 1.54) is 32.1 Å². The first-order valence-electron chi connectivity index (χ1n) is 13.2. The Morgan fingerprint density at radius 3 is 2.53 bits per heavy atom. The Labute approximate surface area is 245 Å². The third-order valence-electron chi connectivity index (χ3n) is 7.14. The van der Waals surface area contributed by atoms with Crippen molar-refractivity contribution in [3.05, 3.63) is 59.2 Å². The molecule has 0 radical (unpaired) electrons. The van der Waals surface area contributed by atoms with Crippen LogP contribution in [0.5, 0.6) is 0 Å². The van der Waals surface area contributed by atoms with Gasteiger partial charge in [0.2, 0.25) is 0 Å². The number of aryl methyl sites for hydroxylation is 1. The maximum Gasteiger partial charge on any atom is 1.00 e. The molecular weight excluding hydrogens is 493 g/mol. The number of rotatable bonds is 14. The Balaban J connectivity index is 0.00000380. The van der Waals surface area contributed by atoms with Gasteiger partial charge in [0.05, 0.1) is 19.3 Å². The van der Waals surface area contributed by atoms with E-state index in [1.807, 2.05) is 49.6 Å². The fourth-order valence-corrected chi connectivity index (χ4v) is 5.56. The van der Waals surface area contributed by atoms with Gasteiger partial charge >= 0.3 is 24.8 Å². The van der Waals surface area contributed by atoms with Gasteiger partial charge in [-0.3, -0.25) is 4.79 Å². The molecule has 0 spiro atoms.